The second-order valence-corrected chi connectivity index (χ2v) is 11.3. The molecule has 0 fully saturated rings. The molecule has 1 heterocycles. The summed E-state index contributed by atoms with van der Waals surface area (Å²) in [6.07, 6.45) is 16.9. The first-order chi connectivity index (χ1) is 17.7. The second-order valence-electron chi connectivity index (χ2n) is 11.3. The van der Waals surface area contributed by atoms with Gasteiger partial charge < -0.3 is 25.1 Å². The van der Waals surface area contributed by atoms with Gasteiger partial charge >= 0.3 is 0 Å². The number of nitrogens with zero attached hydrogens (tertiary/aromatic N) is 3. The first kappa shape index (κ1) is 33.2. The molecule has 1 unspecified atom stereocenters. The molecule has 0 aliphatic carbocycles. The summed E-state index contributed by atoms with van der Waals surface area (Å²) in [6, 6.07) is -0.504. The standard InChI is InChI=1S/C30H56N4O3/c1-6-8-19-32(20-9-7-2)24-16-25-34(28(36)18-15-23-33-21-12-10-13-22-33)27(17-11-14-26-35)29(37)31-30(3,4)5/h10,12-13,21,27,35H,6-9,11,14-20,22-26H2,1-5H3,(H,31,37). The van der Waals surface area contributed by atoms with E-state index in [0.717, 1.165) is 45.6 Å². The Morgan fingerprint density at radius 1 is 0.946 bits per heavy atom. The molecule has 0 saturated carbocycles. The minimum absolute atomic E-state index is 0.0586. The van der Waals surface area contributed by atoms with Crippen LogP contribution in [0.15, 0.2) is 24.4 Å². The van der Waals surface area contributed by atoms with Crippen LogP contribution in [0.3, 0.4) is 0 Å². The number of hydrogen-bond acceptors (Lipinski definition) is 5. The third-order valence-electron chi connectivity index (χ3n) is 6.63. The summed E-state index contributed by atoms with van der Waals surface area (Å²) < 4.78 is 0. The van der Waals surface area contributed by atoms with E-state index in [1.807, 2.05) is 37.8 Å². The number of rotatable bonds is 20. The van der Waals surface area contributed by atoms with Crippen LogP contribution < -0.4 is 5.32 Å². The van der Waals surface area contributed by atoms with Gasteiger partial charge in [0.2, 0.25) is 11.8 Å². The maximum absolute atomic E-state index is 13.6. The smallest absolute Gasteiger partial charge is 0.243 e. The minimum Gasteiger partial charge on any atom is -0.396 e. The SMILES string of the molecule is CCCCN(CCCC)CCCN(C(=O)CCCN1C=CC=CC1)C(CCCCO)C(=O)NC(C)(C)C. The fourth-order valence-electron chi connectivity index (χ4n) is 4.60. The van der Waals surface area contributed by atoms with Crippen molar-refractivity contribution >= 4 is 11.8 Å². The van der Waals surface area contributed by atoms with Crippen LogP contribution in [0.4, 0.5) is 0 Å². The number of nitrogens with one attached hydrogen (secondary N) is 1. The summed E-state index contributed by atoms with van der Waals surface area (Å²) in [5.41, 5.74) is -0.369. The summed E-state index contributed by atoms with van der Waals surface area (Å²) in [7, 11) is 0. The van der Waals surface area contributed by atoms with Crippen molar-refractivity contribution in [3.8, 4) is 0 Å². The van der Waals surface area contributed by atoms with Gasteiger partial charge in [0, 0.05) is 38.2 Å². The molecule has 0 spiro atoms. The Labute approximate surface area is 227 Å². The number of hydrogen-bond donors (Lipinski definition) is 2. The molecule has 1 aliphatic heterocycles. The maximum atomic E-state index is 13.6. The lowest BCUT2D eigenvalue weighted by Crippen LogP contribution is -2.54. The van der Waals surface area contributed by atoms with E-state index in [1.165, 1.54) is 25.7 Å². The topological polar surface area (TPSA) is 76.1 Å². The lowest BCUT2D eigenvalue weighted by atomic mass is 10.0. The molecule has 0 bridgehead atoms. The molecule has 7 heteroatoms. The van der Waals surface area contributed by atoms with Gasteiger partial charge in [0.05, 0.1) is 0 Å². The Kier molecular flexibility index (Phi) is 17.3. The average molecular weight is 521 g/mol. The van der Waals surface area contributed by atoms with Crippen LogP contribution >= 0.6 is 0 Å². The molecule has 0 radical (unpaired) electrons. The second kappa shape index (κ2) is 19.2. The number of aliphatic hydroxyl groups is 1. The number of aliphatic hydroxyl groups excluding tert-OH is 1. The van der Waals surface area contributed by atoms with E-state index in [0.29, 0.717) is 32.2 Å². The molecule has 1 rings (SSSR count). The van der Waals surface area contributed by atoms with E-state index in [4.69, 9.17) is 0 Å². The molecule has 2 N–H and O–H groups in total. The zero-order valence-electron chi connectivity index (χ0n) is 24.5. The van der Waals surface area contributed by atoms with E-state index in [9.17, 15) is 14.7 Å². The Bertz CT molecular complexity index is 679. The van der Waals surface area contributed by atoms with E-state index >= 15 is 0 Å². The van der Waals surface area contributed by atoms with Crippen LogP contribution in [0.1, 0.15) is 98.8 Å². The van der Waals surface area contributed by atoms with Crippen LogP contribution in [0.25, 0.3) is 0 Å². The van der Waals surface area contributed by atoms with Gasteiger partial charge in [0.1, 0.15) is 6.04 Å². The Balaban J connectivity index is 2.93. The van der Waals surface area contributed by atoms with Crippen molar-refractivity contribution in [2.24, 2.45) is 0 Å². The summed E-state index contributed by atoms with van der Waals surface area (Å²) in [6.45, 7) is 15.9. The minimum atomic E-state index is -0.504. The lowest BCUT2D eigenvalue weighted by molar-refractivity contribution is -0.141. The van der Waals surface area contributed by atoms with Crippen molar-refractivity contribution in [3.63, 3.8) is 0 Å². The van der Waals surface area contributed by atoms with Crippen LogP contribution in [0.2, 0.25) is 0 Å². The highest BCUT2D eigenvalue weighted by Gasteiger charge is 2.31. The van der Waals surface area contributed by atoms with Crippen molar-refractivity contribution in [2.45, 2.75) is 110 Å². The predicted molar refractivity (Wildman–Crippen MR) is 154 cm³/mol. The first-order valence-electron chi connectivity index (χ1n) is 14.7. The van der Waals surface area contributed by atoms with Gasteiger partial charge in [-0.2, -0.15) is 0 Å². The summed E-state index contributed by atoms with van der Waals surface area (Å²) in [5.74, 6) is -0.0278. The van der Waals surface area contributed by atoms with Gasteiger partial charge in [0.15, 0.2) is 0 Å². The van der Waals surface area contributed by atoms with Crippen molar-refractivity contribution in [3.05, 3.63) is 24.4 Å². The Hall–Kier alpha value is -1.86. The Morgan fingerprint density at radius 2 is 1.62 bits per heavy atom. The fraction of sp³-hybridized carbons (Fsp3) is 0.800. The molecular formula is C30H56N4O3. The van der Waals surface area contributed by atoms with Gasteiger partial charge in [-0.1, -0.05) is 38.8 Å². The quantitative estimate of drug-likeness (QED) is 0.227. The number of carbonyl (C=O) groups excluding carboxylic acids is 2. The monoisotopic (exact) mass is 520 g/mol. The van der Waals surface area contributed by atoms with Crippen LogP contribution in [0.5, 0.6) is 0 Å². The molecule has 37 heavy (non-hydrogen) atoms. The zero-order valence-corrected chi connectivity index (χ0v) is 24.5. The molecular weight excluding hydrogens is 464 g/mol. The molecule has 0 aromatic rings. The van der Waals surface area contributed by atoms with Crippen molar-refractivity contribution < 1.29 is 14.7 Å². The van der Waals surface area contributed by atoms with Crippen molar-refractivity contribution in [1.29, 1.82) is 0 Å². The van der Waals surface area contributed by atoms with Crippen molar-refractivity contribution in [2.75, 3.05) is 45.9 Å². The third-order valence-corrected chi connectivity index (χ3v) is 6.63. The zero-order chi connectivity index (χ0) is 27.5. The van der Waals surface area contributed by atoms with Crippen LogP contribution in [-0.4, -0.2) is 89.1 Å². The molecule has 0 saturated heterocycles. The molecule has 214 valence electrons. The predicted octanol–water partition coefficient (Wildman–Crippen LogP) is 4.72. The van der Waals surface area contributed by atoms with Crippen molar-refractivity contribution in [1.82, 2.24) is 20.0 Å². The van der Waals surface area contributed by atoms with E-state index < -0.39 is 6.04 Å². The average Bonchev–Trinajstić information content (AvgIpc) is 2.85. The third kappa shape index (κ3) is 15.2. The first-order valence-corrected chi connectivity index (χ1v) is 14.7. The molecule has 0 aromatic heterocycles. The van der Waals surface area contributed by atoms with Gasteiger partial charge in [-0.25, -0.2) is 0 Å². The normalized spacial score (nSPS) is 14.3. The molecule has 7 nitrogen and oxygen atoms in total. The Morgan fingerprint density at radius 3 is 2.19 bits per heavy atom. The number of allylic oxidation sites excluding steroid dienone is 2. The number of amides is 2. The van der Waals surface area contributed by atoms with E-state index in [-0.39, 0.29) is 24.0 Å². The van der Waals surface area contributed by atoms with Gasteiger partial charge in [-0.3, -0.25) is 9.59 Å². The van der Waals surface area contributed by atoms with Gasteiger partial charge in [0.25, 0.3) is 0 Å². The van der Waals surface area contributed by atoms with Gasteiger partial charge in [-0.05, 0) is 97.6 Å². The van der Waals surface area contributed by atoms with E-state index in [1.54, 1.807) is 0 Å². The maximum Gasteiger partial charge on any atom is 0.243 e. The molecule has 1 atom stereocenters. The van der Waals surface area contributed by atoms with Crippen LogP contribution in [-0.2, 0) is 9.59 Å². The lowest BCUT2D eigenvalue weighted by Gasteiger charge is -2.34. The molecule has 0 aromatic carbocycles. The molecule has 1 aliphatic rings. The summed E-state index contributed by atoms with van der Waals surface area (Å²) >= 11 is 0. The highest BCUT2D eigenvalue weighted by atomic mass is 16.3. The summed E-state index contributed by atoms with van der Waals surface area (Å²) in [5, 5.41) is 12.4. The highest BCUT2D eigenvalue weighted by Crippen LogP contribution is 2.16. The number of unbranched alkanes of at least 4 members (excludes halogenated alkanes) is 3. The number of carbonyl (C=O) groups is 2. The fourth-order valence-corrected chi connectivity index (χ4v) is 4.60. The van der Waals surface area contributed by atoms with E-state index in [2.05, 4.69) is 41.2 Å². The van der Waals surface area contributed by atoms with Gasteiger partial charge in [-0.15, -0.1) is 0 Å². The highest BCUT2D eigenvalue weighted by molar-refractivity contribution is 5.88. The van der Waals surface area contributed by atoms with Crippen LogP contribution in [0, 0.1) is 0 Å². The largest absolute Gasteiger partial charge is 0.396 e. The molecule has 2 amide bonds. The summed E-state index contributed by atoms with van der Waals surface area (Å²) in [4.78, 5) is 33.6.